The molecule has 7 heteroatoms. The predicted molar refractivity (Wildman–Crippen MR) is 286 cm³/mol. The Morgan fingerprint density at radius 1 is 0.238 bits per heavy atom. The van der Waals surface area contributed by atoms with E-state index < -0.39 is 31.7 Å². The third kappa shape index (κ3) is 13.8. The second-order valence-corrected chi connectivity index (χ2v) is 27.2. The van der Waals surface area contributed by atoms with Crippen LogP contribution in [0.3, 0.4) is 0 Å². The normalized spacial score (nSPS) is 13.0. The van der Waals surface area contributed by atoms with Crippen molar-refractivity contribution < 1.29 is 12.7 Å². The number of halogens is 2. The topological polar surface area (TPSA) is 0 Å². The molecule has 0 aliphatic carbocycles. The van der Waals surface area contributed by atoms with Gasteiger partial charge < -0.3 is 0 Å². The zero-order chi connectivity index (χ0) is 44.2. The fourth-order valence-corrected chi connectivity index (χ4v) is 20.3. The molecule has 4 atom stereocenters. The van der Waals surface area contributed by atoms with Gasteiger partial charge in [-0.2, -0.15) is 0 Å². The molecule has 8 aromatic rings. The van der Waals surface area contributed by atoms with Crippen molar-refractivity contribution in [3.8, 4) is 0 Å². The van der Waals surface area contributed by atoms with E-state index in [1.54, 1.807) is 0 Å². The molecule has 0 heterocycles. The zero-order valence-corrected chi connectivity index (χ0v) is 42.3. The van der Waals surface area contributed by atoms with Crippen molar-refractivity contribution in [2.45, 2.75) is 50.3 Å². The summed E-state index contributed by atoms with van der Waals surface area (Å²) in [6, 6.07) is 88.9. The van der Waals surface area contributed by atoms with Gasteiger partial charge in [0.1, 0.15) is 0 Å². The summed E-state index contributed by atoms with van der Waals surface area (Å²) < 4.78 is 0. The molecule has 0 fully saturated rings. The molecular weight excluding hydrogens is 926 g/mol. The first-order valence-corrected chi connectivity index (χ1v) is 29.7. The third-order valence-electron chi connectivity index (χ3n) is 11.3. The monoisotopic (exact) mass is 980 g/mol. The summed E-state index contributed by atoms with van der Waals surface area (Å²) in [6.07, 6.45) is 0. The standard InChI is InChI=1S/2C28H28P2.2ClH.Ni/c2*1-23(29(25-15-7-3-8-16-25)26-17-9-4-10-18-26)24(2)30(27-19-11-5-12-20-27)28-21-13-6-14-22-28;;;/h2*3-24H,1-2H3;2*1H;/q;;;;+2/p-2/t2*23-,24-;;;/m00.../s1. The molecule has 63 heavy (non-hydrogen) atoms. The van der Waals surface area contributed by atoms with E-state index in [1.807, 2.05) is 0 Å². The van der Waals surface area contributed by atoms with E-state index in [-0.39, 0.29) is 0 Å². The van der Waals surface area contributed by atoms with Crippen LogP contribution in [-0.2, 0) is 12.7 Å². The fourth-order valence-electron chi connectivity index (χ4n) is 8.05. The average molecular weight is 983 g/mol. The van der Waals surface area contributed by atoms with E-state index >= 15 is 0 Å². The molecule has 0 saturated heterocycles. The van der Waals surface area contributed by atoms with E-state index in [9.17, 15) is 0 Å². The summed E-state index contributed by atoms with van der Waals surface area (Å²) in [5.41, 5.74) is 2.21. The van der Waals surface area contributed by atoms with E-state index in [2.05, 4.69) is 270 Å². The molecule has 0 nitrogen and oxygen atoms in total. The van der Waals surface area contributed by atoms with Crippen molar-refractivity contribution >= 4 is 94.5 Å². The molecule has 324 valence electrons. The van der Waals surface area contributed by atoms with Crippen LogP contribution in [0.5, 0.6) is 0 Å². The van der Waals surface area contributed by atoms with Crippen LogP contribution >= 0.6 is 52.1 Å². The van der Waals surface area contributed by atoms with Gasteiger partial charge in [-0.05, 0) is 96.8 Å². The van der Waals surface area contributed by atoms with Crippen LogP contribution in [0.4, 0.5) is 0 Å². The van der Waals surface area contributed by atoms with E-state index in [0.717, 1.165) is 0 Å². The van der Waals surface area contributed by atoms with E-state index in [0.29, 0.717) is 35.3 Å². The molecular formula is C56H56Cl2NiP4. The number of hydrogen-bond acceptors (Lipinski definition) is 0. The van der Waals surface area contributed by atoms with Gasteiger partial charge in [-0.15, -0.1) is 0 Å². The van der Waals surface area contributed by atoms with Crippen LogP contribution in [-0.4, -0.2) is 22.6 Å². The molecule has 0 N–H and O–H groups in total. The summed E-state index contributed by atoms with van der Waals surface area (Å²) in [7, 11) is 7.61. The second-order valence-electron chi connectivity index (χ2n) is 15.2. The van der Waals surface area contributed by atoms with E-state index in [4.69, 9.17) is 20.4 Å². The van der Waals surface area contributed by atoms with Crippen LogP contribution in [0, 0.1) is 0 Å². The molecule has 0 aliphatic rings. The van der Waals surface area contributed by atoms with Crippen LogP contribution in [0.15, 0.2) is 243 Å². The van der Waals surface area contributed by atoms with Crippen molar-refractivity contribution in [1.82, 2.24) is 0 Å². The number of rotatable bonds is 14. The minimum absolute atomic E-state index is 0.448. The quantitative estimate of drug-likeness (QED) is 0.0752. The Morgan fingerprint density at radius 2 is 0.333 bits per heavy atom. The maximum atomic E-state index is 4.70. The van der Waals surface area contributed by atoms with Gasteiger partial charge in [0.05, 0.1) is 0 Å². The van der Waals surface area contributed by atoms with Gasteiger partial charge in [-0.3, -0.25) is 0 Å². The summed E-state index contributed by atoms with van der Waals surface area (Å²) >= 11 is 0.569. The molecule has 0 radical (unpaired) electrons. The van der Waals surface area contributed by atoms with Crippen molar-refractivity contribution in [3.63, 3.8) is 0 Å². The van der Waals surface area contributed by atoms with E-state index in [1.165, 1.54) is 42.4 Å². The van der Waals surface area contributed by atoms with Gasteiger partial charge in [0.25, 0.3) is 0 Å². The van der Waals surface area contributed by atoms with Crippen molar-refractivity contribution in [2.75, 3.05) is 0 Å². The molecule has 0 saturated carbocycles. The van der Waals surface area contributed by atoms with Crippen LogP contribution in [0.25, 0.3) is 0 Å². The first kappa shape index (κ1) is 49.0. The SMILES string of the molecule is C[C@@H]([C@H](C)P(c1ccccc1)c1ccccc1)P(c1ccccc1)c1ccccc1.C[C@@H]([C@H](C)P(c1ccccc1)c1ccccc1)P(c1ccccc1)c1ccccc1.[Cl][Ni][Cl]. The molecule has 0 aromatic heterocycles. The molecule has 0 bridgehead atoms. The molecule has 0 amide bonds. The average Bonchev–Trinajstić information content (AvgIpc) is 3.35. The van der Waals surface area contributed by atoms with Gasteiger partial charge in [0.2, 0.25) is 0 Å². The van der Waals surface area contributed by atoms with Crippen molar-refractivity contribution in [2.24, 2.45) is 0 Å². The van der Waals surface area contributed by atoms with Crippen molar-refractivity contribution in [3.05, 3.63) is 243 Å². The number of benzene rings is 8. The molecule has 8 rings (SSSR count). The van der Waals surface area contributed by atoms with Crippen LogP contribution in [0.1, 0.15) is 27.7 Å². The predicted octanol–water partition coefficient (Wildman–Crippen LogP) is 13.4. The first-order chi connectivity index (χ1) is 30.9. The number of hydrogen-bond donors (Lipinski definition) is 0. The van der Waals surface area contributed by atoms with Gasteiger partial charge in [-0.25, -0.2) is 0 Å². The minimum atomic E-state index is -0.448. The fraction of sp³-hybridized carbons (Fsp3) is 0.143. The van der Waals surface area contributed by atoms with Gasteiger partial charge in [0, 0.05) is 0 Å². The van der Waals surface area contributed by atoms with Crippen molar-refractivity contribution in [1.29, 1.82) is 0 Å². The van der Waals surface area contributed by atoms with Gasteiger partial charge in [-0.1, -0.05) is 270 Å². The Labute approximate surface area is 397 Å². The Morgan fingerprint density at radius 3 is 0.429 bits per heavy atom. The summed E-state index contributed by atoms with van der Waals surface area (Å²) in [5.74, 6) is 0. The van der Waals surface area contributed by atoms with Gasteiger partial charge >= 0.3 is 33.0 Å². The van der Waals surface area contributed by atoms with Crippen LogP contribution < -0.4 is 42.4 Å². The molecule has 8 aromatic carbocycles. The Hall–Kier alpha value is -3.45. The summed E-state index contributed by atoms with van der Waals surface area (Å²) in [4.78, 5) is 0. The first-order valence-electron chi connectivity index (χ1n) is 21.3. The second kappa shape index (κ2) is 26.5. The molecule has 0 spiro atoms. The maximum absolute atomic E-state index is 4.70. The molecule has 0 unspecified atom stereocenters. The Bertz CT molecular complexity index is 1910. The Balaban J connectivity index is 0.000000198. The van der Waals surface area contributed by atoms with Crippen LogP contribution in [0.2, 0.25) is 0 Å². The summed E-state index contributed by atoms with van der Waals surface area (Å²) in [5, 5.41) is 11.7. The van der Waals surface area contributed by atoms with Gasteiger partial charge in [0.15, 0.2) is 0 Å². The summed E-state index contributed by atoms with van der Waals surface area (Å²) in [6.45, 7) is 9.88. The Kier molecular flexibility index (Phi) is 20.6. The third-order valence-corrected chi connectivity index (χ3v) is 23.7. The zero-order valence-electron chi connectivity index (χ0n) is 36.3. The molecule has 0 aliphatic heterocycles.